The van der Waals surface area contributed by atoms with E-state index in [9.17, 15) is 14.4 Å². The maximum atomic E-state index is 11.9. The van der Waals surface area contributed by atoms with Crippen molar-refractivity contribution in [2.75, 3.05) is 14.1 Å². The Morgan fingerprint density at radius 2 is 1.92 bits per heavy atom. The van der Waals surface area contributed by atoms with Crippen molar-refractivity contribution in [3.63, 3.8) is 0 Å². The number of aromatic nitrogens is 4. The van der Waals surface area contributed by atoms with Crippen LogP contribution in [0.1, 0.15) is 0 Å². The maximum absolute atomic E-state index is 11.9. The fourth-order valence-electron chi connectivity index (χ4n) is 1.94. The molecule has 0 aliphatic carbocycles. The maximum Gasteiger partial charge on any atom is 0.332 e. The molecular weight excluding hydrogens is 346 g/mol. The third kappa shape index (κ3) is 4.06. The summed E-state index contributed by atoms with van der Waals surface area (Å²) in [6, 6.07) is 0. The number of guanidine groups is 2. The third-order valence-electron chi connectivity index (χ3n) is 3.46. The summed E-state index contributed by atoms with van der Waals surface area (Å²) in [6.07, 6.45) is 1.24. The van der Waals surface area contributed by atoms with Gasteiger partial charge in [0.2, 0.25) is 0 Å². The minimum atomic E-state index is -1.08. The number of rotatable bonds is 2. The van der Waals surface area contributed by atoms with Gasteiger partial charge in [-0.25, -0.2) is 9.78 Å². The Morgan fingerprint density at radius 1 is 1.35 bits per heavy atom. The summed E-state index contributed by atoms with van der Waals surface area (Å²) >= 11 is 0. The van der Waals surface area contributed by atoms with Gasteiger partial charge in [0.15, 0.2) is 23.1 Å². The van der Waals surface area contributed by atoms with E-state index >= 15 is 0 Å². The normalized spacial score (nSPS) is 11.0. The van der Waals surface area contributed by atoms with Gasteiger partial charge in [-0.15, -0.1) is 0 Å². The molecule has 0 radical (unpaired) electrons. The van der Waals surface area contributed by atoms with Crippen LogP contribution in [0.4, 0.5) is 0 Å². The molecule has 0 saturated heterocycles. The van der Waals surface area contributed by atoms with Gasteiger partial charge in [-0.05, 0) is 0 Å². The van der Waals surface area contributed by atoms with Crippen molar-refractivity contribution in [2.24, 2.45) is 30.6 Å². The number of aryl methyl sites for hydroxylation is 1. The molecule has 26 heavy (non-hydrogen) atoms. The average Bonchev–Trinajstić information content (AvgIpc) is 3.00. The summed E-state index contributed by atoms with van der Waals surface area (Å²) in [5.41, 5.74) is 9.57. The first-order valence-corrected chi connectivity index (χ1v) is 7.15. The highest BCUT2D eigenvalue weighted by Crippen LogP contribution is 2.04. The second kappa shape index (κ2) is 7.96. The Morgan fingerprint density at radius 3 is 2.35 bits per heavy atom. The summed E-state index contributed by atoms with van der Waals surface area (Å²) in [5, 5.41) is 15.6. The molecule has 0 saturated carbocycles. The molecule has 0 fully saturated rings. The van der Waals surface area contributed by atoms with Crippen LogP contribution in [-0.4, -0.2) is 60.7 Å². The molecule has 6 N–H and O–H groups in total. The number of carboxylic acids is 1. The number of carboxylic acid groups (broad SMARTS) is 1. The zero-order valence-electron chi connectivity index (χ0n) is 14.8. The number of hydrogen-bond donors (Lipinski definition) is 4. The summed E-state index contributed by atoms with van der Waals surface area (Å²) in [5.74, 6) is -0.958. The van der Waals surface area contributed by atoms with E-state index in [1.165, 1.54) is 41.5 Å². The predicted molar refractivity (Wildman–Crippen MR) is 95.1 cm³/mol. The quantitative estimate of drug-likeness (QED) is 0.325. The zero-order chi connectivity index (χ0) is 20.2. The molecule has 0 amide bonds. The summed E-state index contributed by atoms with van der Waals surface area (Å²) in [4.78, 5) is 42.9. The van der Waals surface area contributed by atoms with E-state index in [0.29, 0.717) is 0 Å². The molecule has 2 heterocycles. The minimum absolute atomic E-state index is 0.108. The molecule has 142 valence electrons. The van der Waals surface area contributed by atoms with Crippen molar-refractivity contribution >= 4 is 29.1 Å². The van der Waals surface area contributed by atoms with Crippen molar-refractivity contribution in [3.8, 4) is 0 Å². The number of nitrogens with two attached hydrogens (primary N) is 2. The van der Waals surface area contributed by atoms with Gasteiger partial charge >= 0.3 is 11.7 Å². The lowest BCUT2D eigenvalue weighted by Crippen LogP contribution is -2.42. The van der Waals surface area contributed by atoms with E-state index in [1.54, 1.807) is 7.05 Å². The topological polar surface area (TPSA) is 191 Å². The van der Waals surface area contributed by atoms with Gasteiger partial charge in [-0.2, -0.15) is 0 Å². The van der Waals surface area contributed by atoms with Gasteiger partial charge in [-0.1, -0.05) is 0 Å². The molecule has 0 unspecified atom stereocenters. The smallest absolute Gasteiger partial charge is 0.332 e. The zero-order valence-corrected chi connectivity index (χ0v) is 14.8. The van der Waals surface area contributed by atoms with Crippen LogP contribution in [0.2, 0.25) is 0 Å². The molecule has 0 bridgehead atoms. The van der Waals surface area contributed by atoms with Crippen molar-refractivity contribution in [2.45, 2.75) is 6.54 Å². The van der Waals surface area contributed by atoms with E-state index in [4.69, 9.17) is 22.0 Å². The van der Waals surface area contributed by atoms with E-state index in [1.807, 2.05) is 0 Å². The molecule has 2 rings (SSSR count). The molecule has 13 nitrogen and oxygen atoms in total. The summed E-state index contributed by atoms with van der Waals surface area (Å²) in [7, 11) is 5.92. The minimum Gasteiger partial charge on any atom is -0.480 e. The number of carbonyl (C=O) groups is 1. The van der Waals surface area contributed by atoms with Crippen LogP contribution < -0.4 is 22.7 Å². The number of hydrogen-bond acceptors (Lipinski definition) is 6. The molecule has 2 aromatic heterocycles. The highest BCUT2D eigenvalue weighted by molar-refractivity contribution is 5.95. The monoisotopic (exact) mass is 367 g/mol. The van der Waals surface area contributed by atoms with Crippen LogP contribution >= 0.6 is 0 Å². The predicted octanol–water partition coefficient (Wildman–Crippen LogP) is -2.73. The van der Waals surface area contributed by atoms with Gasteiger partial charge in [-0.3, -0.25) is 34.0 Å². The molecule has 2 aromatic rings. The van der Waals surface area contributed by atoms with Crippen molar-refractivity contribution in [1.82, 2.24) is 23.6 Å². The Hall–Kier alpha value is -3.64. The molecule has 13 heteroatoms. The first-order chi connectivity index (χ1) is 12.0. The van der Waals surface area contributed by atoms with Crippen molar-refractivity contribution in [3.05, 3.63) is 27.2 Å². The molecule has 0 aliphatic rings. The van der Waals surface area contributed by atoms with Crippen LogP contribution in [0, 0.1) is 5.41 Å². The van der Waals surface area contributed by atoms with Gasteiger partial charge in [0.25, 0.3) is 5.56 Å². The number of aliphatic imine (C=N–C) groups is 1. The Kier molecular flexibility index (Phi) is 6.24. The lowest BCUT2D eigenvalue weighted by atomic mass is 10.5. The van der Waals surface area contributed by atoms with Crippen molar-refractivity contribution < 1.29 is 9.90 Å². The van der Waals surface area contributed by atoms with Gasteiger partial charge in [0.05, 0.1) is 6.33 Å². The summed E-state index contributed by atoms with van der Waals surface area (Å²) < 4.78 is 3.33. The Bertz CT molecular complexity index is 982. The average molecular weight is 367 g/mol. The molecule has 0 spiro atoms. The molecular formula is C13H21N9O4. The molecule has 0 aliphatic heterocycles. The number of fused-ring (bicyclic) bond motifs is 1. The van der Waals surface area contributed by atoms with E-state index in [-0.39, 0.29) is 29.6 Å². The number of imidazole rings is 1. The summed E-state index contributed by atoms with van der Waals surface area (Å²) in [6.45, 7) is -0.371. The molecule has 0 atom stereocenters. The number of nitrogens with one attached hydrogen (secondary N) is 1. The Balaban J connectivity index is 0.000000321. The second-order valence-electron chi connectivity index (χ2n) is 5.17. The fraction of sp³-hybridized carbons (Fsp3) is 0.385. The third-order valence-corrected chi connectivity index (χ3v) is 3.46. The second-order valence-corrected chi connectivity index (χ2v) is 5.17. The SMILES string of the molecule is CN=C(N)N(C)C(=N)N.Cn1c(=O)c2c(ncn2CC(=O)O)n(C)c1=O. The van der Waals surface area contributed by atoms with Gasteiger partial charge < -0.3 is 21.1 Å². The van der Waals surface area contributed by atoms with E-state index in [0.717, 1.165) is 4.57 Å². The highest BCUT2D eigenvalue weighted by Gasteiger charge is 2.15. The van der Waals surface area contributed by atoms with Crippen LogP contribution in [0.25, 0.3) is 11.2 Å². The van der Waals surface area contributed by atoms with Crippen LogP contribution in [0.15, 0.2) is 20.9 Å². The molecule has 0 aromatic carbocycles. The number of aliphatic carboxylic acids is 1. The van der Waals surface area contributed by atoms with Crippen LogP contribution in [0.3, 0.4) is 0 Å². The van der Waals surface area contributed by atoms with E-state index < -0.39 is 17.2 Å². The number of nitrogens with zero attached hydrogens (tertiary/aromatic N) is 6. The van der Waals surface area contributed by atoms with Crippen LogP contribution in [0.5, 0.6) is 0 Å². The first-order valence-electron chi connectivity index (χ1n) is 7.15. The Labute approximate surface area is 147 Å². The largest absolute Gasteiger partial charge is 0.480 e. The van der Waals surface area contributed by atoms with Gasteiger partial charge in [0, 0.05) is 28.2 Å². The van der Waals surface area contributed by atoms with Crippen molar-refractivity contribution in [1.29, 1.82) is 5.41 Å². The standard InChI is InChI=1S/C9H10N4O4.C4H11N5/c1-11-7-6(8(16)12(2)9(11)17)13(4-10-7)3-5(14)15;1-8-4(7)9(2)3(5)6/h4H,3H2,1-2H3,(H,14,15);1-2H3,(H3,5,6)(H2,7,8). The van der Waals surface area contributed by atoms with Gasteiger partial charge in [0.1, 0.15) is 6.54 Å². The fourth-order valence-corrected chi connectivity index (χ4v) is 1.94. The first kappa shape index (κ1) is 20.4. The van der Waals surface area contributed by atoms with E-state index in [2.05, 4.69) is 9.98 Å². The lowest BCUT2D eigenvalue weighted by Gasteiger charge is -2.13. The highest BCUT2D eigenvalue weighted by atomic mass is 16.4. The lowest BCUT2D eigenvalue weighted by molar-refractivity contribution is -0.137. The van der Waals surface area contributed by atoms with Crippen LogP contribution in [-0.2, 0) is 25.4 Å².